The highest BCUT2D eigenvalue weighted by molar-refractivity contribution is 6.42. The van der Waals surface area contributed by atoms with Crippen LogP contribution < -0.4 is 21.7 Å². The van der Waals surface area contributed by atoms with E-state index in [2.05, 4.69) is 16.0 Å². The zero-order valence-electron chi connectivity index (χ0n) is 18.1. The van der Waals surface area contributed by atoms with Gasteiger partial charge in [-0.25, -0.2) is 4.39 Å². The first-order chi connectivity index (χ1) is 16.7. The molecule has 1 atom stereocenters. The molecule has 1 aliphatic rings. The van der Waals surface area contributed by atoms with Crippen molar-refractivity contribution in [3.63, 3.8) is 0 Å². The third-order valence-corrected chi connectivity index (χ3v) is 6.07. The highest BCUT2D eigenvalue weighted by Gasteiger charge is 2.28. The summed E-state index contributed by atoms with van der Waals surface area (Å²) in [5.74, 6) is -1.54. The Kier molecular flexibility index (Phi) is 7.04. The number of carbonyl (C=O) groups is 3. The summed E-state index contributed by atoms with van der Waals surface area (Å²) in [6, 6.07) is 12.9. The van der Waals surface area contributed by atoms with Crippen LogP contribution in [0.25, 0.3) is 0 Å². The highest BCUT2D eigenvalue weighted by atomic mass is 35.5. The first-order valence-electron chi connectivity index (χ1n) is 10.4. The fourth-order valence-corrected chi connectivity index (χ4v) is 3.85. The SMILES string of the molecule is Nc1cc(F)ccc1NC(=O)c1ccc(CNC(=O)/C=C\C2NC(=O)c3cc(Cl)c(Cl)cc32)cc1. The average Bonchev–Trinajstić information content (AvgIpc) is 3.13. The number of rotatable bonds is 6. The molecule has 1 unspecified atom stereocenters. The standard InChI is InChI=1S/C25H19Cl2FN4O3/c26-18-10-16-17(11-19(18)27)25(35)31-21(16)7-8-23(33)30-12-13-1-3-14(4-2-13)24(34)32-22-6-5-15(28)9-20(22)29/h1-11,21H,12,29H2,(H,30,33)(H,31,35)(H,32,34)/b8-7-. The molecule has 35 heavy (non-hydrogen) atoms. The normalized spacial score (nSPS) is 14.5. The van der Waals surface area contributed by atoms with Gasteiger partial charge in [0.05, 0.1) is 27.5 Å². The van der Waals surface area contributed by atoms with E-state index in [1.807, 2.05) is 0 Å². The number of amides is 3. The number of nitrogens with one attached hydrogen (secondary N) is 3. The monoisotopic (exact) mass is 512 g/mol. The number of halogens is 3. The summed E-state index contributed by atoms with van der Waals surface area (Å²) in [5.41, 5.74) is 8.35. The first-order valence-corrected chi connectivity index (χ1v) is 11.2. The zero-order chi connectivity index (χ0) is 25.1. The van der Waals surface area contributed by atoms with Crippen LogP contribution in [-0.2, 0) is 11.3 Å². The van der Waals surface area contributed by atoms with E-state index in [0.29, 0.717) is 27.4 Å². The molecule has 0 bridgehead atoms. The molecular weight excluding hydrogens is 494 g/mol. The minimum atomic E-state index is -0.494. The Hall–Kier alpha value is -3.88. The van der Waals surface area contributed by atoms with E-state index in [9.17, 15) is 18.8 Å². The van der Waals surface area contributed by atoms with Crippen molar-refractivity contribution in [3.05, 3.63) is 105 Å². The van der Waals surface area contributed by atoms with Crippen LogP contribution in [0.3, 0.4) is 0 Å². The van der Waals surface area contributed by atoms with Crippen LogP contribution in [0.4, 0.5) is 15.8 Å². The Labute approximate surface area is 210 Å². The molecule has 5 N–H and O–H groups in total. The van der Waals surface area contributed by atoms with Crippen LogP contribution >= 0.6 is 23.2 Å². The summed E-state index contributed by atoms with van der Waals surface area (Å²) in [6.07, 6.45) is 2.90. The van der Waals surface area contributed by atoms with Gasteiger partial charge in [-0.3, -0.25) is 14.4 Å². The Morgan fingerprint density at radius 1 is 1.06 bits per heavy atom. The summed E-state index contributed by atoms with van der Waals surface area (Å²) >= 11 is 12.0. The van der Waals surface area contributed by atoms with Gasteiger partial charge in [0.2, 0.25) is 5.91 Å². The van der Waals surface area contributed by atoms with Crippen LogP contribution in [0, 0.1) is 5.82 Å². The lowest BCUT2D eigenvalue weighted by Crippen LogP contribution is -2.22. The van der Waals surface area contributed by atoms with Crippen molar-refractivity contribution in [3.8, 4) is 0 Å². The lowest BCUT2D eigenvalue weighted by atomic mass is 10.0. The molecule has 1 aliphatic heterocycles. The molecule has 0 spiro atoms. The van der Waals surface area contributed by atoms with Crippen molar-refractivity contribution in [1.29, 1.82) is 0 Å². The van der Waals surface area contributed by atoms with E-state index in [4.69, 9.17) is 28.9 Å². The van der Waals surface area contributed by atoms with E-state index in [-0.39, 0.29) is 29.1 Å². The summed E-state index contributed by atoms with van der Waals surface area (Å²) in [5, 5.41) is 8.73. The molecule has 178 valence electrons. The van der Waals surface area contributed by atoms with Crippen molar-refractivity contribution in [2.45, 2.75) is 12.6 Å². The predicted molar refractivity (Wildman–Crippen MR) is 133 cm³/mol. The van der Waals surface area contributed by atoms with Gasteiger partial charge in [-0.15, -0.1) is 0 Å². The van der Waals surface area contributed by atoms with Gasteiger partial charge in [-0.1, -0.05) is 41.4 Å². The van der Waals surface area contributed by atoms with Crippen LogP contribution in [0.15, 0.2) is 66.7 Å². The van der Waals surface area contributed by atoms with Crippen LogP contribution in [-0.4, -0.2) is 17.7 Å². The quantitative estimate of drug-likeness (QED) is 0.285. The van der Waals surface area contributed by atoms with Crippen LogP contribution in [0.1, 0.15) is 37.9 Å². The number of nitrogens with two attached hydrogens (primary N) is 1. The van der Waals surface area contributed by atoms with Crippen LogP contribution in [0.5, 0.6) is 0 Å². The predicted octanol–water partition coefficient (Wildman–Crippen LogP) is 4.62. The molecule has 7 nitrogen and oxygen atoms in total. The average molecular weight is 513 g/mol. The van der Waals surface area contributed by atoms with Gasteiger partial charge < -0.3 is 21.7 Å². The molecule has 3 aromatic carbocycles. The van der Waals surface area contributed by atoms with Gasteiger partial charge in [-0.05, 0) is 53.6 Å². The topological polar surface area (TPSA) is 113 Å². The zero-order valence-corrected chi connectivity index (χ0v) is 19.6. The summed E-state index contributed by atoms with van der Waals surface area (Å²) in [6.45, 7) is 0.227. The lowest BCUT2D eigenvalue weighted by molar-refractivity contribution is -0.116. The maximum Gasteiger partial charge on any atom is 0.255 e. The Morgan fingerprint density at radius 3 is 2.49 bits per heavy atom. The van der Waals surface area contributed by atoms with Crippen molar-refractivity contribution >= 4 is 52.3 Å². The van der Waals surface area contributed by atoms with Gasteiger partial charge in [-0.2, -0.15) is 0 Å². The highest BCUT2D eigenvalue weighted by Crippen LogP contribution is 2.33. The molecule has 3 aromatic rings. The molecule has 0 aromatic heterocycles. The van der Waals surface area contributed by atoms with Crippen molar-refractivity contribution in [1.82, 2.24) is 10.6 Å². The number of benzene rings is 3. The maximum absolute atomic E-state index is 13.2. The number of hydrogen-bond donors (Lipinski definition) is 4. The number of nitrogen functional groups attached to an aromatic ring is 1. The Balaban J connectivity index is 1.32. The fraction of sp³-hybridized carbons (Fsp3) is 0.0800. The second-order valence-electron chi connectivity index (χ2n) is 7.76. The molecule has 4 rings (SSSR count). The molecule has 0 fully saturated rings. The second-order valence-corrected chi connectivity index (χ2v) is 8.58. The fourth-order valence-electron chi connectivity index (χ4n) is 3.51. The third-order valence-electron chi connectivity index (χ3n) is 5.34. The first kappa shape index (κ1) is 24.3. The third kappa shape index (κ3) is 5.62. The minimum Gasteiger partial charge on any atom is -0.397 e. The number of anilines is 2. The van der Waals surface area contributed by atoms with E-state index < -0.39 is 17.8 Å². The molecule has 1 heterocycles. The van der Waals surface area contributed by atoms with E-state index in [0.717, 1.165) is 11.6 Å². The molecule has 0 saturated carbocycles. The summed E-state index contributed by atoms with van der Waals surface area (Å²) < 4.78 is 13.2. The summed E-state index contributed by atoms with van der Waals surface area (Å²) in [7, 11) is 0. The van der Waals surface area contributed by atoms with E-state index in [1.165, 1.54) is 24.3 Å². The van der Waals surface area contributed by atoms with E-state index >= 15 is 0 Å². The molecule has 0 aliphatic carbocycles. The Morgan fingerprint density at radius 2 is 1.77 bits per heavy atom. The number of fused-ring (bicyclic) bond motifs is 1. The molecule has 0 saturated heterocycles. The Bertz CT molecular complexity index is 1360. The smallest absolute Gasteiger partial charge is 0.255 e. The van der Waals surface area contributed by atoms with E-state index in [1.54, 1.807) is 36.4 Å². The van der Waals surface area contributed by atoms with Crippen molar-refractivity contribution in [2.75, 3.05) is 11.1 Å². The largest absolute Gasteiger partial charge is 0.397 e. The van der Waals surface area contributed by atoms with Crippen LogP contribution in [0.2, 0.25) is 10.0 Å². The van der Waals surface area contributed by atoms with Crippen molar-refractivity contribution in [2.24, 2.45) is 0 Å². The van der Waals surface area contributed by atoms with Gasteiger partial charge in [0, 0.05) is 23.7 Å². The van der Waals surface area contributed by atoms with Gasteiger partial charge in [0.1, 0.15) is 5.82 Å². The van der Waals surface area contributed by atoms with Gasteiger partial charge >= 0.3 is 0 Å². The van der Waals surface area contributed by atoms with Crippen molar-refractivity contribution < 1.29 is 18.8 Å². The molecule has 3 amide bonds. The molecule has 0 radical (unpaired) electrons. The minimum absolute atomic E-state index is 0.123. The van der Waals surface area contributed by atoms with Gasteiger partial charge in [0.15, 0.2) is 0 Å². The number of carbonyl (C=O) groups excluding carboxylic acids is 3. The summed E-state index contributed by atoms with van der Waals surface area (Å²) in [4.78, 5) is 36.8. The van der Waals surface area contributed by atoms with Gasteiger partial charge in [0.25, 0.3) is 11.8 Å². The lowest BCUT2D eigenvalue weighted by Gasteiger charge is -2.09. The second kappa shape index (κ2) is 10.2. The number of hydrogen-bond acceptors (Lipinski definition) is 4. The maximum atomic E-state index is 13.2. The molecular formula is C25H19Cl2FN4O3. The molecule has 10 heteroatoms.